The summed E-state index contributed by atoms with van der Waals surface area (Å²) in [6, 6.07) is 18.3. The summed E-state index contributed by atoms with van der Waals surface area (Å²) in [7, 11) is 0. The van der Waals surface area contributed by atoms with Crippen LogP contribution in [0.25, 0.3) is 11.1 Å². The van der Waals surface area contributed by atoms with Gasteiger partial charge in [-0.3, -0.25) is 0 Å². The number of benzene rings is 2. The number of hydrogen-bond acceptors (Lipinski definition) is 2. The van der Waals surface area contributed by atoms with Crippen LogP contribution in [0.1, 0.15) is 25.7 Å². The van der Waals surface area contributed by atoms with Gasteiger partial charge in [0.1, 0.15) is 12.4 Å². The number of hydrogen-bond donors (Lipinski definition) is 1. The lowest BCUT2D eigenvalue weighted by Gasteiger charge is -2.22. The molecule has 1 N–H and O–H groups in total. The Balaban J connectivity index is 1.64. The van der Waals surface area contributed by atoms with Crippen molar-refractivity contribution in [3.05, 3.63) is 54.6 Å². The third kappa shape index (κ3) is 3.02. The van der Waals surface area contributed by atoms with Crippen molar-refractivity contribution >= 4 is 0 Å². The van der Waals surface area contributed by atoms with Crippen molar-refractivity contribution in [3.8, 4) is 16.9 Å². The fourth-order valence-corrected chi connectivity index (χ4v) is 2.77. The first-order chi connectivity index (χ1) is 9.75. The maximum Gasteiger partial charge on any atom is 0.119 e. The second-order valence-electron chi connectivity index (χ2n) is 5.61. The van der Waals surface area contributed by atoms with E-state index in [9.17, 15) is 5.11 Å². The molecule has 2 aromatic carbocycles. The fourth-order valence-electron chi connectivity index (χ4n) is 2.77. The minimum Gasteiger partial charge on any atom is -0.491 e. The summed E-state index contributed by atoms with van der Waals surface area (Å²) in [5.74, 6) is 0.824. The van der Waals surface area contributed by atoms with Crippen molar-refractivity contribution < 1.29 is 9.84 Å². The Kier molecular flexibility index (Phi) is 3.75. The summed E-state index contributed by atoms with van der Waals surface area (Å²) in [6.07, 6.45) is 3.92. The number of rotatable bonds is 4. The predicted molar refractivity (Wildman–Crippen MR) is 80.8 cm³/mol. The molecule has 3 rings (SSSR count). The number of aliphatic hydroxyl groups is 1. The second-order valence-corrected chi connectivity index (χ2v) is 5.61. The van der Waals surface area contributed by atoms with Gasteiger partial charge in [-0.15, -0.1) is 0 Å². The zero-order valence-corrected chi connectivity index (χ0v) is 11.6. The highest BCUT2D eigenvalue weighted by atomic mass is 16.5. The van der Waals surface area contributed by atoms with Gasteiger partial charge < -0.3 is 9.84 Å². The van der Waals surface area contributed by atoms with Gasteiger partial charge in [0.2, 0.25) is 0 Å². The van der Waals surface area contributed by atoms with E-state index in [0.29, 0.717) is 6.61 Å². The van der Waals surface area contributed by atoms with Crippen LogP contribution >= 0.6 is 0 Å². The summed E-state index contributed by atoms with van der Waals surface area (Å²) in [5.41, 5.74) is 1.77. The topological polar surface area (TPSA) is 29.5 Å². The lowest BCUT2D eigenvalue weighted by atomic mass is 10.0. The van der Waals surface area contributed by atoms with Crippen molar-refractivity contribution in [2.75, 3.05) is 6.61 Å². The van der Waals surface area contributed by atoms with E-state index in [1.807, 2.05) is 30.3 Å². The first-order valence-corrected chi connectivity index (χ1v) is 7.26. The molecule has 1 aliphatic carbocycles. The SMILES string of the molecule is OC1(COc2ccc(-c3ccccc3)cc2)CCCC1. The minimum atomic E-state index is -0.613. The van der Waals surface area contributed by atoms with Gasteiger partial charge >= 0.3 is 0 Å². The molecule has 0 heterocycles. The standard InChI is InChI=1S/C18H20O2/c19-18(12-4-5-13-18)14-20-17-10-8-16(9-11-17)15-6-2-1-3-7-15/h1-3,6-11,19H,4-5,12-14H2. The summed E-state index contributed by atoms with van der Waals surface area (Å²) >= 11 is 0. The molecule has 0 amide bonds. The van der Waals surface area contributed by atoms with Crippen LogP contribution in [0.3, 0.4) is 0 Å². The van der Waals surface area contributed by atoms with Crippen LogP contribution in [0.4, 0.5) is 0 Å². The van der Waals surface area contributed by atoms with Crippen LogP contribution in [0, 0.1) is 0 Å². The molecule has 0 radical (unpaired) electrons. The molecule has 2 nitrogen and oxygen atoms in total. The predicted octanol–water partition coefficient (Wildman–Crippen LogP) is 4.04. The Hall–Kier alpha value is -1.80. The molecule has 1 aliphatic rings. The van der Waals surface area contributed by atoms with Gasteiger partial charge in [0.15, 0.2) is 0 Å². The zero-order valence-electron chi connectivity index (χ0n) is 11.6. The quantitative estimate of drug-likeness (QED) is 0.907. The van der Waals surface area contributed by atoms with Crippen molar-refractivity contribution in [1.82, 2.24) is 0 Å². The Bertz CT molecular complexity index is 539. The second kappa shape index (κ2) is 5.68. The highest BCUT2D eigenvalue weighted by molar-refractivity contribution is 5.63. The van der Waals surface area contributed by atoms with Crippen LogP contribution in [-0.4, -0.2) is 17.3 Å². The van der Waals surface area contributed by atoms with Crippen molar-refractivity contribution in [1.29, 1.82) is 0 Å². The van der Waals surface area contributed by atoms with Crippen LogP contribution in [0.15, 0.2) is 54.6 Å². The minimum absolute atomic E-state index is 0.400. The van der Waals surface area contributed by atoms with E-state index in [0.717, 1.165) is 31.4 Å². The van der Waals surface area contributed by atoms with E-state index in [4.69, 9.17) is 4.74 Å². The maximum atomic E-state index is 10.3. The lowest BCUT2D eigenvalue weighted by molar-refractivity contribution is 0.00141. The molecule has 0 aliphatic heterocycles. The fraction of sp³-hybridized carbons (Fsp3) is 0.333. The van der Waals surface area contributed by atoms with Gasteiger partial charge in [0.05, 0.1) is 5.60 Å². The molecule has 0 spiro atoms. The Morgan fingerprint density at radius 1 is 0.850 bits per heavy atom. The van der Waals surface area contributed by atoms with E-state index in [2.05, 4.69) is 24.3 Å². The summed E-state index contributed by atoms with van der Waals surface area (Å²) in [6.45, 7) is 0.400. The number of ether oxygens (including phenoxy) is 1. The summed E-state index contributed by atoms with van der Waals surface area (Å²) < 4.78 is 5.73. The third-order valence-corrected chi connectivity index (χ3v) is 4.00. The van der Waals surface area contributed by atoms with Gasteiger partial charge in [0, 0.05) is 0 Å². The molecule has 2 aromatic rings. The molecule has 0 atom stereocenters. The molecule has 0 unspecified atom stereocenters. The van der Waals surface area contributed by atoms with Crippen molar-refractivity contribution in [2.45, 2.75) is 31.3 Å². The molecule has 2 heteroatoms. The monoisotopic (exact) mass is 268 g/mol. The summed E-state index contributed by atoms with van der Waals surface area (Å²) in [4.78, 5) is 0. The molecule has 104 valence electrons. The largest absolute Gasteiger partial charge is 0.491 e. The molecular weight excluding hydrogens is 248 g/mol. The highest BCUT2D eigenvalue weighted by Crippen LogP contribution is 2.30. The zero-order chi connectivity index (χ0) is 13.8. The van der Waals surface area contributed by atoms with E-state index >= 15 is 0 Å². The average molecular weight is 268 g/mol. The lowest BCUT2D eigenvalue weighted by Crippen LogP contribution is -2.32. The normalized spacial score (nSPS) is 17.1. The van der Waals surface area contributed by atoms with Gasteiger partial charge in [-0.05, 0) is 36.1 Å². The molecule has 20 heavy (non-hydrogen) atoms. The Morgan fingerprint density at radius 3 is 2.10 bits per heavy atom. The summed E-state index contributed by atoms with van der Waals surface area (Å²) in [5, 5.41) is 10.3. The maximum absolute atomic E-state index is 10.3. The average Bonchev–Trinajstić information content (AvgIpc) is 2.94. The van der Waals surface area contributed by atoms with Crippen LogP contribution in [0.5, 0.6) is 5.75 Å². The molecule has 0 aromatic heterocycles. The Labute approximate surface area is 120 Å². The first kappa shape index (κ1) is 13.2. The van der Waals surface area contributed by atoms with E-state index in [1.54, 1.807) is 0 Å². The van der Waals surface area contributed by atoms with Crippen LogP contribution in [-0.2, 0) is 0 Å². The first-order valence-electron chi connectivity index (χ1n) is 7.26. The molecule has 0 saturated heterocycles. The van der Waals surface area contributed by atoms with E-state index < -0.39 is 5.60 Å². The van der Waals surface area contributed by atoms with Crippen molar-refractivity contribution in [3.63, 3.8) is 0 Å². The molecule has 1 fully saturated rings. The van der Waals surface area contributed by atoms with Gasteiger partial charge in [0.25, 0.3) is 0 Å². The van der Waals surface area contributed by atoms with E-state index in [-0.39, 0.29) is 0 Å². The van der Waals surface area contributed by atoms with E-state index in [1.165, 1.54) is 11.1 Å². The molecule has 0 bridgehead atoms. The smallest absolute Gasteiger partial charge is 0.119 e. The Morgan fingerprint density at radius 2 is 1.45 bits per heavy atom. The molecule has 1 saturated carbocycles. The van der Waals surface area contributed by atoms with Gasteiger partial charge in [-0.25, -0.2) is 0 Å². The molecular formula is C18H20O2. The van der Waals surface area contributed by atoms with Gasteiger partial charge in [-0.1, -0.05) is 55.3 Å². The van der Waals surface area contributed by atoms with Crippen LogP contribution < -0.4 is 4.74 Å². The van der Waals surface area contributed by atoms with Crippen LogP contribution in [0.2, 0.25) is 0 Å². The third-order valence-electron chi connectivity index (χ3n) is 4.00. The van der Waals surface area contributed by atoms with Crippen molar-refractivity contribution in [2.24, 2.45) is 0 Å². The highest BCUT2D eigenvalue weighted by Gasteiger charge is 2.31. The van der Waals surface area contributed by atoms with Gasteiger partial charge in [-0.2, -0.15) is 0 Å².